The standard InChI is InChI=1S/C25H35N3O7S/c1-18(25(30)26-14-13-19-9-12-22(34-4)23(15-19)35-5)28(24(29)17-27(2)36(6,31)32)16-20-7-10-21(33-3)11-8-20/h7-12,15,18H,13-14,16-17H2,1-6H3,(H,26,30)/t18-/m1/s1. The van der Waals surface area contributed by atoms with Crippen LogP contribution in [0.2, 0.25) is 0 Å². The highest BCUT2D eigenvalue weighted by Crippen LogP contribution is 2.27. The Bertz CT molecular complexity index is 1140. The number of ether oxygens (including phenoxy) is 3. The fourth-order valence-electron chi connectivity index (χ4n) is 3.42. The lowest BCUT2D eigenvalue weighted by Gasteiger charge is -2.30. The second-order valence-electron chi connectivity index (χ2n) is 8.30. The number of amides is 2. The molecule has 1 N–H and O–H groups in total. The molecule has 2 rings (SSSR count). The topological polar surface area (TPSA) is 114 Å². The van der Waals surface area contributed by atoms with Crippen LogP contribution in [-0.2, 0) is 32.6 Å². The monoisotopic (exact) mass is 521 g/mol. The summed E-state index contributed by atoms with van der Waals surface area (Å²) in [5.74, 6) is 1.04. The average Bonchev–Trinajstić information content (AvgIpc) is 2.86. The van der Waals surface area contributed by atoms with Crippen molar-refractivity contribution in [2.24, 2.45) is 0 Å². The van der Waals surface area contributed by atoms with E-state index in [0.29, 0.717) is 30.2 Å². The molecule has 0 saturated carbocycles. The summed E-state index contributed by atoms with van der Waals surface area (Å²) in [7, 11) is 2.43. The van der Waals surface area contributed by atoms with Gasteiger partial charge in [0.25, 0.3) is 0 Å². The highest BCUT2D eigenvalue weighted by molar-refractivity contribution is 7.88. The van der Waals surface area contributed by atoms with Crippen LogP contribution in [0.4, 0.5) is 0 Å². The molecule has 11 heteroatoms. The van der Waals surface area contributed by atoms with E-state index in [1.165, 1.54) is 11.9 Å². The largest absolute Gasteiger partial charge is 0.497 e. The molecule has 36 heavy (non-hydrogen) atoms. The van der Waals surface area contributed by atoms with Gasteiger partial charge in [0.1, 0.15) is 11.8 Å². The predicted molar refractivity (Wildman–Crippen MR) is 137 cm³/mol. The van der Waals surface area contributed by atoms with Crippen LogP contribution in [0.5, 0.6) is 17.2 Å². The zero-order valence-corrected chi connectivity index (χ0v) is 22.4. The lowest BCUT2D eigenvalue weighted by atomic mass is 10.1. The van der Waals surface area contributed by atoms with Gasteiger partial charge >= 0.3 is 0 Å². The van der Waals surface area contributed by atoms with Gasteiger partial charge in [0, 0.05) is 20.1 Å². The smallest absolute Gasteiger partial charge is 0.242 e. The Morgan fingerprint density at radius 3 is 2.11 bits per heavy atom. The van der Waals surface area contributed by atoms with Crippen LogP contribution in [0.3, 0.4) is 0 Å². The quantitative estimate of drug-likeness (QED) is 0.427. The van der Waals surface area contributed by atoms with E-state index in [4.69, 9.17) is 14.2 Å². The van der Waals surface area contributed by atoms with Gasteiger partial charge in [-0.3, -0.25) is 9.59 Å². The first-order chi connectivity index (χ1) is 17.0. The van der Waals surface area contributed by atoms with E-state index in [1.807, 2.05) is 12.1 Å². The van der Waals surface area contributed by atoms with Crippen LogP contribution in [0, 0.1) is 0 Å². The number of rotatable bonds is 13. The fraction of sp³-hybridized carbons (Fsp3) is 0.440. The number of benzene rings is 2. The van der Waals surface area contributed by atoms with E-state index in [9.17, 15) is 18.0 Å². The Morgan fingerprint density at radius 1 is 0.944 bits per heavy atom. The normalized spacial score (nSPS) is 12.1. The third kappa shape index (κ3) is 8.13. The lowest BCUT2D eigenvalue weighted by molar-refractivity contribution is -0.140. The SMILES string of the molecule is COc1ccc(CN(C(=O)CN(C)S(C)(=O)=O)[C@H](C)C(=O)NCCc2ccc(OC)c(OC)c2)cc1. The summed E-state index contributed by atoms with van der Waals surface area (Å²) in [6, 6.07) is 11.8. The van der Waals surface area contributed by atoms with Crippen LogP contribution >= 0.6 is 0 Å². The first kappa shape index (κ1) is 28.9. The second-order valence-corrected chi connectivity index (χ2v) is 10.4. The third-order valence-corrected chi connectivity index (χ3v) is 7.03. The molecule has 2 amide bonds. The number of carbonyl (C=O) groups is 2. The Labute approximate surface area is 213 Å². The molecule has 0 aliphatic rings. The van der Waals surface area contributed by atoms with Gasteiger partial charge in [-0.15, -0.1) is 0 Å². The zero-order valence-electron chi connectivity index (χ0n) is 21.6. The van der Waals surface area contributed by atoms with E-state index in [-0.39, 0.29) is 19.0 Å². The first-order valence-electron chi connectivity index (χ1n) is 11.3. The minimum atomic E-state index is -3.57. The summed E-state index contributed by atoms with van der Waals surface area (Å²) >= 11 is 0. The summed E-state index contributed by atoms with van der Waals surface area (Å²) in [4.78, 5) is 27.4. The molecule has 0 bridgehead atoms. The predicted octanol–water partition coefficient (Wildman–Crippen LogP) is 1.68. The van der Waals surface area contributed by atoms with Gasteiger partial charge in [-0.05, 0) is 48.7 Å². The molecular formula is C25H35N3O7S. The molecule has 0 unspecified atom stereocenters. The van der Waals surface area contributed by atoms with E-state index in [2.05, 4.69) is 5.32 Å². The van der Waals surface area contributed by atoms with Gasteiger partial charge in [0.15, 0.2) is 11.5 Å². The summed E-state index contributed by atoms with van der Waals surface area (Å²) in [6.45, 7) is 1.71. The molecule has 10 nitrogen and oxygen atoms in total. The van der Waals surface area contributed by atoms with Crippen LogP contribution in [0.15, 0.2) is 42.5 Å². The molecule has 2 aromatic rings. The molecule has 0 saturated heterocycles. The summed E-state index contributed by atoms with van der Waals surface area (Å²) in [6.07, 6.45) is 1.57. The molecule has 198 valence electrons. The maximum absolute atomic E-state index is 13.1. The molecule has 0 fully saturated rings. The Morgan fingerprint density at radius 2 is 1.56 bits per heavy atom. The van der Waals surface area contributed by atoms with Gasteiger partial charge < -0.3 is 24.4 Å². The van der Waals surface area contributed by atoms with Crippen LogP contribution in [0.25, 0.3) is 0 Å². The Balaban J connectivity index is 2.11. The van der Waals surface area contributed by atoms with Gasteiger partial charge in [-0.2, -0.15) is 4.31 Å². The van der Waals surface area contributed by atoms with Gasteiger partial charge in [-0.25, -0.2) is 8.42 Å². The summed E-state index contributed by atoms with van der Waals surface area (Å²) < 4.78 is 40.3. The number of methoxy groups -OCH3 is 3. The van der Waals surface area contributed by atoms with E-state index in [1.54, 1.807) is 58.6 Å². The number of sulfonamides is 1. The van der Waals surface area contributed by atoms with Crippen molar-refractivity contribution in [1.82, 2.24) is 14.5 Å². The van der Waals surface area contributed by atoms with E-state index >= 15 is 0 Å². The molecule has 0 aromatic heterocycles. The molecule has 2 aromatic carbocycles. The average molecular weight is 522 g/mol. The van der Waals surface area contributed by atoms with Crippen molar-refractivity contribution in [3.63, 3.8) is 0 Å². The molecular weight excluding hydrogens is 486 g/mol. The molecule has 0 heterocycles. The molecule has 0 aliphatic heterocycles. The van der Waals surface area contributed by atoms with Crippen molar-refractivity contribution in [3.8, 4) is 17.2 Å². The van der Waals surface area contributed by atoms with Crippen molar-refractivity contribution in [3.05, 3.63) is 53.6 Å². The van der Waals surface area contributed by atoms with Crippen molar-refractivity contribution < 1.29 is 32.2 Å². The maximum atomic E-state index is 13.1. The van der Waals surface area contributed by atoms with Gasteiger partial charge in [0.2, 0.25) is 21.8 Å². The number of carbonyl (C=O) groups excluding carboxylic acids is 2. The van der Waals surface area contributed by atoms with Crippen molar-refractivity contribution in [2.75, 3.05) is 47.7 Å². The number of hydrogen-bond donors (Lipinski definition) is 1. The van der Waals surface area contributed by atoms with E-state index in [0.717, 1.165) is 21.7 Å². The van der Waals surface area contributed by atoms with Crippen molar-refractivity contribution in [1.29, 1.82) is 0 Å². The zero-order chi connectivity index (χ0) is 26.9. The molecule has 1 atom stereocenters. The minimum Gasteiger partial charge on any atom is -0.497 e. The number of nitrogens with zero attached hydrogens (tertiary/aromatic N) is 2. The molecule has 0 spiro atoms. The number of nitrogens with one attached hydrogen (secondary N) is 1. The highest BCUT2D eigenvalue weighted by Gasteiger charge is 2.28. The Hall–Kier alpha value is -3.31. The summed E-state index contributed by atoms with van der Waals surface area (Å²) in [5, 5.41) is 2.86. The molecule has 0 radical (unpaired) electrons. The van der Waals surface area contributed by atoms with Crippen LogP contribution < -0.4 is 19.5 Å². The third-order valence-electron chi connectivity index (χ3n) is 5.76. The van der Waals surface area contributed by atoms with Crippen LogP contribution in [-0.4, -0.2) is 83.2 Å². The summed E-state index contributed by atoms with van der Waals surface area (Å²) in [5.41, 5.74) is 1.72. The number of likely N-dealkylation sites (N-methyl/N-ethyl adjacent to an activating group) is 1. The molecule has 0 aliphatic carbocycles. The van der Waals surface area contributed by atoms with Crippen LogP contribution in [0.1, 0.15) is 18.1 Å². The first-order valence-corrected chi connectivity index (χ1v) is 13.2. The highest BCUT2D eigenvalue weighted by atomic mass is 32.2. The van der Waals surface area contributed by atoms with Gasteiger partial charge in [0.05, 0.1) is 34.1 Å². The second kappa shape index (κ2) is 13.1. The minimum absolute atomic E-state index is 0.130. The maximum Gasteiger partial charge on any atom is 0.242 e. The Kier molecular flexibility index (Phi) is 10.5. The fourth-order valence-corrected chi connectivity index (χ4v) is 3.77. The van der Waals surface area contributed by atoms with E-state index < -0.39 is 22.0 Å². The van der Waals surface area contributed by atoms with Crippen molar-refractivity contribution >= 4 is 21.8 Å². The van der Waals surface area contributed by atoms with Gasteiger partial charge in [-0.1, -0.05) is 18.2 Å². The number of hydrogen-bond acceptors (Lipinski definition) is 7. The van der Waals surface area contributed by atoms with Crippen molar-refractivity contribution in [2.45, 2.75) is 25.9 Å². The lowest BCUT2D eigenvalue weighted by Crippen LogP contribution is -2.50.